The van der Waals surface area contributed by atoms with Crippen molar-refractivity contribution in [2.24, 2.45) is 0 Å². The number of benzene rings is 1. The van der Waals surface area contributed by atoms with E-state index in [0.29, 0.717) is 6.54 Å². The van der Waals surface area contributed by atoms with E-state index in [1.165, 1.54) is 0 Å². The van der Waals surface area contributed by atoms with Crippen LogP contribution in [0.3, 0.4) is 0 Å². The van der Waals surface area contributed by atoms with Crippen LogP contribution >= 0.6 is 0 Å². The molecule has 0 fully saturated rings. The van der Waals surface area contributed by atoms with Gasteiger partial charge < -0.3 is 19.2 Å². The van der Waals surface area contributed by atoms with Crippen LogP contribution in [0.5, 0.6) is 5.75 Å². The molecule has 1 aromatic heterocycles. The third-order valence-electron chi connectivity index (χ3n) is 2.96. The first kappa shape index (κ1) is 13.9. The lowest BCUT2D eigenvalue weighted by Crippen LogP contribution is -2.26. The molecule has 19 heavy (non-hydrogen) atoms. The quantitative estimate of drug-likeness (QED) is 0.834. The van der Waals surface area contributed by atoms with Gasteiger partial charge in [0.15, 0.2) is 11.3 Å². The molecule has 0 spiro atoms. The van der Waals surface area contributed by atoms with Gasteiger partial charge in [-0.15, -0.1) is 0 Å². The maximum atomic E-state index is 5.80. The van der Waals surface area contributed by atoms with Gasteiger partial charge in [0.2, 0.25) is 0 Å². The molecule has 2 aromatic rings. The summed E-state index contributed by atoms with van der Waals surface area (Å²) in [5.41, 5.74) is 0.805. The van der Waals surface area contributed by atoms with Crippen molar-refractivity contribution in [2.75, 3.05) is 20.3 Å². The molecular formula is C15H21NO3. The van der Waals surface area contributed by atoms with E-state index in [-0.39, 0.29) is 6.10 Å². The van der Waals surface area contributed by atoms with Crippen molar-refractivity contribution in [2.45, 2.75) is 26.5 Å². The fourth-order valence-electron chi connectivity index (χ4n) is 2.08. The van der Waals surface area contributed by atoms with E-state index >= 15 is 0 Å². The van der Waals surface area contributed by atoms with Gasteiger partial charge in [0.25, 0.3) is 0 Å². The summed E-state index contributed by atoms with van der Waals surface area (Å²) in [6.07, 6.45) is 0.212. The van der Waals surface area contributed by atoms with E-state index in [1.54, 1.807) is 7.11 Å². The van der Waals surface area contributed by atoms with Crippen molar-refractivity contribution >= 4 is 11.0 Å². The molecule has 0 saturated heterocycles. The van der Waals surface area contributed by atoms with Crippen molar-refractivity contribution in [1.29, 1.82) is 0 Å². The summed E-state index contributed by atoms with van der Waals surface area (Å²) in [5.74, 6) is 1.68. The fourth-order valence-corrected chi connectivity index (χ4v) is 2.08. The summed E-state index contributed by atoms with van der Waals surface area (Å²) in [6, 6.07) is 7.93. The Morgan fingerprint density at radius 1 is 1.37 bits per heavy atom. The first-order chi connectivity index (χ1) is 9.24. The zero-order chi connectivity index (χ0) is 13.7. The second kappa shape index (κ2) is 6.59. The average Bonchev–Trinajstić information content (AvgIpc) is 2.81. The molecule has 0 amide bonds. The molecule has 1 heterocycles. The first-order valence-corrected chi connectivity index (χ1v) is 6.62. The maximum Gasteiger partial charge on any atom is 0.176 e. The van der Waals surface area contributed by atoms with Crippen molar-refractivity contribution in [3.05, 3.63) is 30.0 Å². The largest absolute Gasteiger partial charge is 0.493 e. The van der Waals surface area contributed by atoms with E-state index in [2.05, 4.69) is 12.2 Å². The van der Waals surface area contributed by atoms with E-state index in [9.17, 15) is 0 Å². The van der Waals surface area contributed by atoms with Crippen molar-refractivity contribution in [1.82, 2.24) is 5.32 Å². The fraction of sp³-hybridized carbons (Fsp3) is 0.467. The Balaban J connectivity index is 1.98. The Kier molecular flexibility index (Phi) is 4.82. The topological polar surface area (TPSA) is 43.6 Å². The van der Waals surface area contributed by atoms with Crippen LogP contribution in [0.4, 0.5) is 0 Å². The Labute approximate surface area is 113 Å². The molecule has 104 valence electrons. The molecule has 1 aromatic carbocycles. The van der Waals surface area contributed by atoms with Gasteiger partial charge in [-0.05, 0) is 26.0 Å². The molecule has 4 heteroatoms. The minimum Gasteiger partial charge on any atom is -0.493 e. The number of fused-ring (bicyclic) bond motifs is 1. The van der Waals surface area contributed by atoms with Gasteiger partial charge >= 0.3 is 0 Å². The summed E-state index contributed by atoms with van der Waals surface area (Å²) >= 11 is 0. The molecule has 1 atom stereocenters. The number of furan rings is 1. The summed E-state index contributed by atoms with van der Waals surface area (Å²) in [6.45, 7) is 6.29. The minimum absolute atomic E-state index is 0.212. The normalized spacial score (nSPS) is 12.8. The van der Waals surface area contributed by atoms with E-state index in [4.69, 9.17) is 13.9 Å². The zero-order valence-corrected chi connectivity index (χ0v) is 11.7. The highest BCUT2D eigenvalue weighted by Crippen LogP contribution is 2.28. The van der Waals surface area contributed by atoms with E-state index in [0.717, 1.165) is 35.6 Å². The van der Waals surface area contributed by atoms with Crippen molar-refractivity contribution in [3.63, 3.8) is 0 Å². The summed E-state index contributed by atoms with van der Waals surface area (Å²) < 4.78 is 16.5. The molecule has 0 saturated carbocycles. The zero-order valence-electron chi connectivity index (χ0n) is 11.7. The Hall–Kier alpha value is -1.52. The van der Waals surface area contributed by atoms with Gasteiger partial charge in [-0.2, -0.15) is 0 Å². The van der Waals surface area contributed by atoms with Crippen molar-refractivity contribution < 1.29 is 13.9 Å². The molecule has 0 aliphatic carbocycles. The SMILES string of the molecule is CCOC(C)CNCc1cc2cccc(OC)c2o1. The summed E-state index contributed by atoms with van der Waals surface area (Å²) in [5, 5.41) is 4.39. The van der Waals surface area contributed by atoms with E-state index in [1.807, 2.05) is 31.2 Å². The van der Waals surface area contributed by atoms with Crippen molar-refractivity contribution in [3.8, 4) is 5.75 Å². The number of methoxy groups -OCH3 is 1. The number of rotatable bonds is 7. The highest BCUT2D eigenvalue weighted by Gasteiger charge is 2.08. The summed E-state index contributed by atoms with van der Waals surface area (Å²) in [4.78, 5) is 0. The first-order valence-electron chi connectivity index (χ1n) is 6.62. The van der Waals surface area contributed by atoms with Gasteiger partial charge in [-0.25, -0.2) is 0 Å². The number of nitrogens with one attached hydrogen (secondary N) is 1. The van der Waals surface area contributed by atoms with Crippen LogP contribution in [-0.2, 0) is 11.3 Å². The smallest absolute Gasteiger partial charge is 0.176 e. The Morgan fingerprint density at radius 3 is 2.95 bits per heavy atom. The second-order valence-corrected chi connectivity index (χ2v) is 4.49. The Bertz CT molecular complexity index is 521. The molecule has 2 rings (SSSR count). The Morgan fingerprint density at radius 2 is 2.21 bits per heavy atom. The van der Waals surface area contributed by atoms with Crippen LogP contribution in [0.1, 0.15) is 19.6 Å². The molecular weight excluding hydrogens is 242 g/mol. The van der Waals surface area contributed by atoms with Gasteiger partial charge in [0.05, 0.1) is 19.8 Å². The van der Waals surface area contributed by atoms with Gasteiger partial charge in [-0.3, -0.25) is 0 Å². The van der Waals surface area contributed by atoms with E-state index < -0.39 is 0 Å². The lowest BCUT2D eigenvalue weighted by molar-refractivity contribution is 0.0756. The molecule has 4 nitrogen and oxygen atoms in total. The van der Waals surface area contributed by atoms with Gasteiger partial charge in [-0.1, -0.05) is 12.1 Å². The monoisotopic (exact) mass is 263 g/mol. The number of para-hydroxylation sites is 1. The highest BCUT2D eigenvalue weighted by molar-refractivity contribution is 5.83. The van der Waals surface area contributed by atoms with Crippen LogP contribution in [-0.4, -0.2) is 26.4 Å². The predicted molar refractivity (Wildman–Crippen MR) is 75.6 cm³/mol. The number of hydrogen-bond donors (Lipinski definition) is 1. The highest BCUT2D eigenvalue weighted by atomic mass is 16.5. The number of hydrogen-bond acceptors (Lipinski definition) is 4. The van der Waals surface area contributed by atoms with Gasteiger partial charge in [0.1, 0.15) is 5.76 Å². The van der Waals surface area contributed by atoms with Crippen LogP contribution in [0, 0.1) is 0 Å². The maximum absolute atomic E-state index is 5.80. The van der Waals surface area contributed by atoms with Crippen LogP contribution < -0.4 is 10.1 Å². The third kappa shape index (κ3) is 3.49. The number of ether oxygens (including phenoxy) is 2. The van der Waals surface area contributed by atoms with Crippen LogP contribution in [0.15, 0.2) is 28.7 Å². The molecule has 1 N–H and O–H groups in total. The van der Waals surface area contributed by atoms with Crippen LogP contribution in [0.25, 0.3) is 11.0 Å². The lowest BCUT2D eigenvalue weighted by atomic mass is 10.2. The average molecular weight is 263 g/mol. The molecule has 0 aliphatic heterocycles. The van der Waals surface area contributed by atoms with Crippen LogP contribution in [0.2, 0.25) is 0 Å². The molecule has 0 radical (unpaired) electrons. The van der Waals surface area contributed by atoms with Gasteiger partial charge in [0, 0.05) is 18.5 Å². The standard InChI is InChI=1S/C15H21NO3/c1-4-18-11(2)9-16-10-13-8-12-6-5-7-14(17-3)15(12)19-13/h5-8,11,16H,4,9-10H2,1-3H3. The minimum atomic E-state index is 0.212. The third-order valence-corrected chi connectivity index (χ3v) is 2.96. The molecule has 1 unspecified atom stereocenters. The lowest BCUT2D eigenvalue weighted by Gasteiger charge is -2.11. The summed E-state index contributed by atoms with van der Waals surface area (Å²) in [7, 11) is 1.65. The second-order valence-electron chi connectivity index (χ2n) is 4.49. The predicted octanol–water partition coefficient (Wildman–Crippen LogP) is 2.96. The molecule has 0 bridgehead atoms. The molecule has 0 aliphatic rings.